The fourth-order valence-electron chi connectivity index (χ4n) is 2.92. The number of hydrogen-bond donors (Lipinski definition) is 1. The van der Waals surface area contributed by atoms with E-state index in [0.717, 1.165) is 0 Å². The predicted octanol–water partition coefficient (Wildman–Crippen LogP) is 2.88. The monoisotopic (exact) mass is 288 g/mol. The standard InChI is InChI=1S/C17H24N2O2/c1-12-3-5-14(6-4-12)16(15-7-8-15)18-17(20)19-9-10-21-11-13(19)2/h3-6,13,15-16H,7-11H2,1-2H3,(H,18,20). The van der Waals surface area contributed by atoms with Gasteiger partial charge < -0.3 is 15.0 Å². The zero-order valence-corrected chi connectivity index (χ0v) is 12.8. The molecule has 1 N–H and O–H groups in total. The first kappa shape index (κ1) is 14.4. The Morgan fingerprint density at radius 3 is 2.67 bits per heavy atom. The van der Waals surface area contributed by atoms with Crippen LogP contribution in [0.5, 0.6) is 0 Å². The number of rotatable bonds is 3. The molecule has 1 heterocycles. The van der Waals surface area contributed by atoms with Gasteiger partial charge in [0.05, 0.1) is 25.3 Å². The van der Waals surface area contributed by atoms with Crippen LogP contribution in [-0.2, 0) is 4.74 Å². The smallest absolute Gasteiger partial charge is 0.318 e. The van der Waals surface area contributed by atoms with Crippen LogP contribution in [0.4, 0.5) is 4.79 Å². The Morgan fingerprint density at radius 1 is 1.33 bits per heavy atom. The number of hydrogen-bond acceptors (Lipinski definition) is 2. The maximum Gasteiger partial charge on any atom is 0.318 e. The number of amides is 2. The van der Waals surface area contributed by atoms with Crippen LogP contribution in [0.1, 0.15) is 36.9 Å². The molecular formula is C17H24N2O2. The number of morpholine rings is 1. The van der Waals surface area contributed by atoms with Crippen molar-refractivity contribution in [2.24, 2.45) is 5.92 Å². The van der Waals surface area contributed by atoms with Gasteiger partial charge in [-0.15, -0.1) is 0 Å². The van der Waals surface area contributed by atoms with Crippen molar-refractivity contribution < 1.29 is 9.53 Å². The van der Waals surface area contributed by atoms with Gasteiger partial charge in [-0.05, 0) is 38.2 Å². The number of benzene rings is 1. The molecule has 1 aromatic carbocycles. The molecule has 21 heavy (non-hydrogen) atoms. The second kappa shape index (κ2) is 6.06. The quantitative estimate of drug-likeness (QED) is 0.929. The molecule has 3 rings (SSSR count). The lowest BCUT2D eigenvalue weighted by Crippen LogP contribution is -2.52. The van der Waals surface area contributed by atoms with Crippen LogP contribution in [0.2, 0.25) is 0 Å². The van der Waals surface area contributed by atoms with Gasteiger partial charge in [-0.3, -0.25) is 0 Å². The van der Waals surface area contributed by atoms with Gasteiger partial charge in [0.1, 0.15) is 0 Å². The van der Waals surface area contributed by atoms with Crippen LogP contribution in [0.25, 0.3) is 0 Å². The molecule has 4 nitrogen and oxygen atoms in total. The average molecular weight is 288 g/mol. The van der Waals surface area contributed by atoms with Crippen molar-refractivity contribution in [3.8, 4) is 0 Å². The Labute approximate surface area is 126 Å². The molecule has 2 atom stereocenters. The molecule has 0 bridgehead atoms. The summed E-state index contributed by atoms with van der Waals surface area (Å²) in [5.41, 5.74) is 2.47. The molecule has 4 heteroatoms. The van der Waals surface area contributed by atoms with E-state index in [1.165, 1.54) is 24.0 Å². The molecule has 1 saturated carbocycles. The molecular weight excluding hydrogens is 264 g/mol. The highest BCUT2D eigenvalue weighted by Crippen LogP contribution is 2.41. The summed E-state index contributed by atoms with van der Waals surface area (Å²) in [5, 5.41) is 3.25. The average Bonchev–Trinajstić information content (AvgIpc) is 3.31. The van der Waals surface area contributed by atoms with Crippen LogP contribution >= 0.6 is 0 Å². The molecule has 114 valence electrons. The third-order valence-electron chi connectivity index (χ3n) is 4.44. The lowest BCUT2D eigenvalue weighted by molar-refractivity contribution is 0.0182. The zero-order chi connectivity index (χ0) is 14.8. The number of ether oxygens (including phenoxy) is 1. The third kappa shape index (κ3) is 3.38. The third-order valence-corrected chi connectivity index (χ3v) is 4.44. The van der Waals surface area contributed by atoms with E-state index in [2.05, 4.69) is 36.5 Å². The van der Waals surface area contributed by atoms with Gasteiger partial charge in [0.2, 0.25) is 0 Å². The van der Waals surface area contributed by atoms with Crippen LogP contribution in [0.3, 0.4) is 0 Å². The van der Waals surface area contributed by atoms with E-state index >= 15 is 0 Å². The van der Waals surface area contributed by atoms with Crippen LogP contribution in [0, 0.1) is 12.8 Å². The van der Waals surface area contributed by atoms with E-state index in [9.17, 15) is 4.79 Å². The number of carbonyl (C=O) groups is 1. The van der Waals surface area contributed by atoms with Gasteiger partial charge in [0.15, 0.2) is 0 Å². The first-order valence-corrected chi connectivity index (χ1v) is 7.86. The lowest BCUT2D eigenvalue weighted by Gasteiger charge is -2.34. The Hall–Kier alpha value is -1.55. The largest absolute Gasteiger partial charge is 0.377 e. The maximum atomic E-state index is 12.6. The Balaban J connectivity index is 1.70. The number of urea groups is 1. The van der Waals surface area contributed by atoms with Crippen molar-refractivity contribution >= 4 is 6.03 Å². The normalized spacial score (nSPS) is 23.7. The van der Waals surface area contributed by atoms with Crippen molar-refractivity contribution in [1.82, 2.24) is 10.2 Å². The summed E-state index contributed by atoms with van der Waals surface area (Å²) in [5.74, 6) is 0.591. The second-order valence-electron chi connectivity index (χ2n) is 6.29. The Morgan fingerprint density at radius 2 is 2.05 bits per heavy atom. The van der Waals surface area contributed by atoms with Crippen LogP contribution in [0.15, 0.2) is 24.3 Å². The second-order valence-corrected chi connectivity index (χ2v) is 6.29. The summed E-state index contributed by atoms with van der Waals surface area (Å²) in [7, 11) is 0. The van der Waals surface area contributed by atoms with Gasteiger partial charge in [-0.25, -0.2) is 4.79 Å². The topological polar surface area (TPSA) is 41.6 Å². The summed E-state index contributed by atoms with van der Waals surface area (Å²) in [6, 6.07) is 8.86. The van der Waals surface area contributed by atoms with Gasteiger partial charge in [0, 0.05) is 6.54 Å². The SMILES string of the molecule is Cc1ccc(C(NC(=O)N2CCOCC2C)C2CC2)cc1. The summed E-state index contributed by atoms with van der Waals surface area (Å²) < 4.78 is 5.40. The number of nitrogens with zero attached hydrogens (tertiary/aromatic N) is 1. The minimum Gasteiger partial charge on any atom is -0.377 e. The van der Waals surface area contributed by atoms with Crippen molar-refractivity contribution in [2.45, 2.75) is 38.8 Å². The fourth-order valence-corrected chi connectivity index (χ4v) is 2.92. The van der Waals surface area contributed by atoms with E-state index in [1.807, 2.05) is 11.8 Å². The van der Waals surface area contributed by atoms with Crippen molar-refractivity contribution in [1.29, 1.82) is 0 Å². The van der Waals surface area contributed by atoms with E-state index in [-0.39, 0.29) is 18.1 Å². The lowest BCUT2D eigenvalue weighted by atomic mass is 10.0. The molecule has 2 unspecified atom stereocenters. The molecule has 1 aliphatic heterocycles. The van der Waals surface area contributed by atoms with Gasteiger partial charge in [-0.2, -0.15) is 0 Å². The molecule has 0 radical (unpaired) electrons. The van der Waals surface area contributed by atoms with Crippen molar-refractivity contribution in [2.75, 3.05) is 19.8 Å². The Kier molecular flexibility index (Phi) is 4.15. The van der Waals surface area contributed by atoms with Crippen molar-refractivity contribution in [3.05, 3.63) is 35.4 Å². The molecule has 1 aromatic rings. The van der Waals surface area contributed by atoms with E-state index in [4.69, 9.17) is 4.74 Å². The van der Waals surface area contributed by atoms with Crippen LogP contribution < -0.4 is 5.32 Å². The molecule has 0 aromatic heterocycles. The Bertz CT molecular complexity index is 496. The minimum atomic E-state index is 0.0447. The molecule has 2 amide bonds. The molecule has 0 spiro atoms. The molecule has 1 saturated heterocycles. The predicted molar refractivity (Wildman–Crippen MR) is 82.2 cm³/mol. The van der Waals surface area contributed by atoms with Gasteiger partial charge in [0.25, 0.3) is 0 Å². The zero-order valence-electron chi connectivity index (χ0n) is 12.8. The first-order valence-electron chi connectivity index (χ1n) is 7.86. The van der Waals surface area contributed by atoms with E-state index in [0.29, 0.717) is 25.7 Å². The first-order chi connectivity index (χ1) is 10.1. The van der Waals surface area contributed by atoms with E-state index < -0.39 is 0 Å². The summed E-state index contributed by atoms with van der Waals surface area (Å²) in [6.45, 7) is 6.07. The maximum absolute atomic E-state index is 12.6. The summed E-state index contributed by atoms with van der Waals surface area (Å²) in [6.07, 6.45) is 2.41. The van der Waals surface area contributed by atoms with E-state index in [1.54, 1.807) is 0 Å². The van der Waals surface area contributed by atoms with Gasteiger partial charge in [-0.1, -0.05) is 29.8 Å². The van der Waals surface area contributed by atoms with Crippen LogP contribution in [-0.4, -0.2) is 36.7 Å². The highest BCUT2D eigenvalue weighted by molar-refractivity contribution is 5.75. The molecule has 2 aliphatic rings. The van der Waals surface area contributed by atoms with Gasteiger partial charge >= 0.3 is 6.03 Å². The molecule has 2 fully saturated rings. The number of nitrogens with one attached hydrogen (secondary N) is 1. The summed E-state index contributed by atoms with van der Waals surface area (Å²) in [4.78, 5) is 14.4. The number of aryl methyl sites for hydroxylation is 1. The summed E-state index contributed by atoms with van der Waals surface area (Å²) >= 11 is 0. The van der Waals surface area contributed by atoms with Crippen molar-refractivity contribution in [3.63, 3.8) is 0 Å². The fraction of sp³-hybridized carbons (Fsp3) is 0.588. The minimum absolute atomic E-state index is 0.0447. The highest BCUT2D eigenvalue weighted by Gasteiger charge is 2.35. The molecule has 1 aliphatic carbocycles. The number of carbonyl (C=O) groups excluding carboxylic acids is 1. The highest BCUT2D eigenvalue weighted by atomic mass is 16.5.